The molecular formula is C22H24ClNO6S. The Hall–Kier alpha value is -2.42. The van der Waals surface area contributed by atoms with Crippen molar-refractivity contribution >= 4 is 33.4 Å². The average Bonchev–Trinajstić information content (AvgIpc) is 3.07. The molecule has 2 aromatic rings. The molecule has 9 heteroatoms. The molecule has 1 heterocycles. The summed E-state index contributed by atoms with van der Waals surface area (Å²) in [6.45, 7) is 0.370. The number of halogens is 1. The number of hydrogen-bond donors (Lipinski definition) is 0. The Morgan fingerprint density at radius 1 is 0.968 bits per heavy atom. The van der Waals surface area contributed by atoms with Crippen molar-refractivity contribution in [1.29, 1.82) is 0 Å². The number of esters is 1. The molecule has 1 saturated heterocycles. The van der Waals surface area contributed by atoms with Gasteiger partial charge in [0.05, 0.1) is 17.7 Å². The van der Waals surface area contributed by atoms with E-state index in [0.29, 0.717) is 24.4 Å². The summed E-state index contributed by atoms with van der Waals surface area (Å²) in [5, 5.41) is 0.0371. The predicted octanol–water partition coefficient (Wildman–Crippen LogP) is 3.95. The van der Waals surface area contributed by atoms with Crippen LogP contribution in [-0.2, 0) is 14.8 Å². The van der Waals surface area contributed by atoms with Crippen LogP contribution in [0.2, 0.25) is 5.02 Å². The fourth-order valence-corrected chi connectivity index (χ4v) is 5.34. The van der Waals surface area contributed by atoms with Gasteiger partial charge in [-0.25, -0.2) is 13.2 Å². The summed E-state index contributed by atoms with van der Waals surface area (Å²) >= 11 is 6.16. The SMILES string of the molecule is COc1ccc(C(=O)COC(=O)c2ccc(Cl)c(S(=O)(=O)N3CCCCCC3)c2)cc1. The van der Waals surface area contributed by atoms with Crippen LogP contribution >= 0.6 is 11.6 Å². The number of carbonyl (C=O) groups is 2. The second kappa shape index (κ2) is 10.3. The van der Waals surface area contributed by atoms with Gasteiger partial charge in [0.25, 0.3) is 0 Å². The van der Waals surface area contributed by atoms with Crippen molar-refractivity contribution in [3.05, 3.63) is 58.6 Å². The molecule has 0 radical (unpaired) electrons. The van der Waals surface area contributed by atoms with E-state index in [9.17, 15) is 18.0 Å². The lowest BCUT2D eigenvalue weighted by Crippen LogP contribution is -2.32. The van der Waals surface area contributed by atoms with Gasteiger partial charge in [-0.05, 0) is 55.3 Å². The van der Waals surface area contributed by atoms with E-state index >= 15 is 0 Å². The monoisotopic (exact) mass is 465 g/mol. The molecule has 0 N–H and O–H groups in total. The summed E-state index contributed by atoms with van der Waals surface area (Å²) in [6.07, 6.45) is 3.53. The van der Waals surface area contributed by atoms with Gasteiger partial charge in [0.2, 0.25) is 10.0 Å². The van der Waals surface area contributed by atoms with Gasteiger partial charge in [0, 0.05) is 18.7 Å². The van der Waals surface area contributed by atoms with Crippen molar-refractivity contribution in [2.45, 2.75) is 30.6 Å². The molecular weight excluding hydrogens is 442 g/mol. The number of rotatable bonds is 7. The fraction of sp³-hybridized carbons (Fsp3) is 0.364. The maximum absolute atomic E-state index is 13.1. The van der Waals surface area contributed by atoms with Crippen LogP contribution in [0.1, 0.15) is 46.4 Å². The van der Waals surface area contributed by atoms with Crippen molar-refractivity contribution < 1.29 is 27.5 Å². The molecule has 2 aromatic carbocycles. The Morgan fingerprint density at radius 3 is 2.19 bits per heavy atom. The van der Waals surface area contributed by atoms with E-state index in [1.54, 1.807) is 24.3 Å². The highest BCUT2D eigenvalue weighted by molar-refractivity contribution is 7.89. The fourth-order valence-electron chi connectivity index (χ4n) is 3.32. The van der Waals surface area contributed by atoms with Gasteiger partial charge in [-0.1, -0.05) is 24.4 Å². The minimum Gasteiger partial charge on any atom is -0.497 e. The van der Waals surface area contributed by atoms with E-state index in [0.717, 1.165) is 25.7 Å². The van der Waals surface area contributed by atoms with E-state index in [1.165, 1.54) is 29.6 Å². The van der Waals surface area contributed by atoms with Crippen molar-refractivity contribution in [3.8, 4) is 5.75 Å². The zero-order chi connectivity index (χ0) is 22.4. The highest BCUT2D eigenvalue weighted by Gasteiger charge is 2.28. The van der Waals surface area contributed by atoms with Crippen molar-refractivity contribution in [2.75, 3.05) is 26.8 Å². The first kappa shape index (κ1) is 23.2. The average molecular weight is 466 g/mol. The van der Waals surface area contributed by atoms with Crippen LogP contribution in [0, 0.1) is 0 Å². The normalized spacial score (nSPS) is 15.2. The first-order valence-corrected chi connectivity index (χ1v) is 11.8. The number of ketones is 1. The van der Waals surface area contributed by atoms with Crippen LogP contribution < -0.4 is 4.74 Å². The quantitative estimate of drug-likeness (QED) is 0.454. The maximum Gasteiger partial charge on any atom is 0.338 e. The summed E-state index contributed by atoms with van der Waals surface area (Å²) in [7, 11) is -2.32. The van der Waals surface area contributed by atoms with Gasteiger partial charge in [-0.3, -0.25) is 4.79 Å². The Kier molecular flexibility index (Phi) is 7.69. The van der Waals surface area contributed by atoms with E-state index < -0.39 is 22.6 Å². The van der Waals surface area contributed by atoms with E-state index in [2.05, 4.69) is 0 Å². The molecule has 0 atom stereocenters. The van der Waals surface area contributed by atoms with Crippen molar-refractivity contribution in [2.24, 2.45) is 0 Å². The molecule has 0 aromatic heterocycles. The predicted molar refractivity (Wildman–Crippen MR) is 116 cm³/mol. The number of Topliss-reactive ketones (excluding diaryl/α,β-unsaturated/α-hetero) is 1. The molecule has 0 aliphatic carbocycles. The number of carbonyl (C=O) groups excluding carboxylic acids is 2. The summed E-state index contributed by atoms with van der Waals surface area (Å²) in [4.78, 5) is 24.6. The number of nitrogens with zero attached hydrogens (tertiary/aromatic N) is 1. The van der Waals surface area contributed by atoms with Gasteiger partial charge in [0.15, 0.2) is 12.4 Å². The zero-order valence-electron chi connectivity index (χ0n) is 17.2. The third-order valence-corrected chi connectivity index (χ3v) is 7.48. The van der Waals surface area contributed by atoms with E-state index in [1.807, 2.05) is 0 Å². The lowest BCUT2D eigenvalue weighted by atomic mass is 10.1. The Labute approximate surface area is 187 Å². The molecule has 1 aliphatic rings. The number of hydrogen-bond acceptors (Lipinski definition) is 6. The van der Waals surface area contributed by atoms with Crippen LogP contribution in [-0.4, -0.2) is 51.3 Å². The molecule has 0 saturated carbocycles. The standard InChI is InChI=1S/C22H24ClNO6S/c1-29-18-9-6-16(7-10-18)20(25)15-30-22(26)17-8-11-19(23)21(14-17)31(27,28)24-12-4-2-3-5-13-24/h6-11,14H,2-5,12-13,15H2,1H3. The lowest BCUT2D eigenvalue weighted by molar-refractivity contribution is 0.0474. The second-order valence-electron chi connectivity index (χ2n) is 7.19. The molecule has 31 heavy (non-hydrogen) atoms. The summed E-state index contributed by atoms with van der Waals surface area (Å²) in [5.41, 5.74) is 0.384. The first-order chi connectivity index (χ1) is 14.8. The van der Waals surface area contributed by atoms with E-state index in [-0.39, 0.29) is 21.3 Å². The lowest BCUT2D eigenvalue weighted by Gasteiger charge is -2.21. The van der Waals surface area contributed by atoms with Crippen LogP contribution in [0.15, 0.2) is 47.4 Å². The smallest absolute Gasteiger partial charge is 0.338 e. The highest BCUT2D eigenvalue weighted by atomic mass is 35.5. The van der Waals surface area contributed by atoms with Crippen LogP contribution in [0.3, 0.4) is 0 Å². The molecule has 1 aliphatic heterocycles. The minimum absolute atomic E-state index is 0.0142. The number of sulfonamides is 1. The summed E-state index contributed by atoms with van der Waals surface area (Å²) in [5.74, 6) is -0.582. The topological polar surface area (TPSA) is 90.0 Å². The zero-order valence-corrected chi connectivity index (χ0v) is 18.7. The number of methoxy groups -OCH3 is 1. The highest BCUT2D eigenvalue weighted by Crippen LogP contribution is 2.28. The van der Waals surface area contributed by atoms with Gasteiger partial charge in [-0.2, -0.15) is 4.31 Å². The Bertz CT molecular complexity index is 1040. The molecule has 0 unspecified atom stereocenters. The first-order valence-electron chi connectivity index (χ1n) is 9.97. The van der Waals surface area contributed by atoms with Crippen LogP contribution in [0.4, 0.5) is 0 Å². The third-order valence-electron chi connectivity index (χ3n) is 5.10. The van der Waals surface area contributed by atoms with Crippen LogP contribution in [0.25, 0.3) is 0 Å². The van der Waals surface area contributed by atoms with Crippen molar-refractivity contribution in [3.63, 3.8) is 0 Å². The largest absolute Gasteiger partial charge is 0.497 e. The van der Waals surface area contributed by atoms with Gasteiger partial charge in [-0.15, -0.1) is 0 Å². The molecule has 166 valence electrons. The van der Waals surface area contributed by atoms with Crippen LogP contribution in [0.5, 0.6) is 5.75 Å². The van der Waals surface area contributed by atoms with Gasteiger partial charge >= 0.3 is 5.97 Å². The summed E-state index contributed by atoms with van der Waals surface area (Å²) < 4.78 is 37.7. The Balaban J connectivity index is 1.72. The number of benzene rings is 2. The molecule has 1 fully saturated rings. The Morgan fingerprint density at radius 2 is 1.58 bits per heavy atom. The minimum atomic E-state index is -3.84. The molecule has 7 nitrogen and oxygen atoms in total. The number of ether oxygens (including phenoxy) is 2. The third kappa shape index (κ3) is 5.64. The molecule has 0 bridgehead atoms. The second-order valence-corrected chi connectivity index (χ2v) is 9.50. The van der Waals surface area contributed by atoms with E-state index in [4.69, 9.17) is 21.1 Å². The summed E-state index contributed by atoms with van der Waals surface area (Å²) in [6, 6.07) is 10.4. The van der Waals surface area contributed by atoms with Gasteiger partial charge in [0.1, 0.15) is 10.6 Å². The molecule has 0 amide bonds. The van der Waals surface area contributed by atoms with Gasteiger partial charge < -0.3 is 9.47 Å². The van der Waals surface area contributed by atoms with Crippen molar-refractivity contribution in [1.82, 2.24) is 4.31 Å². The molecule has 0 spiro atoms. The molecule has 3 rings (SSSR count). The maximum atomic E-state index is 13.1.